The lowest BCUT2D eigenvalue weighted by molar-refractivity contribution is -0.132. The number of amides is 1. The van der Waals surface area contributed by atoms with Crippen molar-refractivity contribution in [3.8, 4) is 5.88 Å². The van der Waals surface area contributed by atoms with Gasteiger partial charge in [0.15, 0.2) is 6.61 Å². The SMILES string of the molecule is CN(Cc1ccco1)C(=O)COc1ncnc2ccc(Br)cc12. The molecule has 0 saturated carbocycles. The lowest BCUT2D eigenvalue weighted by Gasteiger charge is -2.16. The Labute approximate surface area is 141 Å². The van der Waals surface area contributed by atoms with Crippen molar-refractivity contribution in [3.05, 3.63) is 53.2 Å². The molecule has 3 rings (SSSR count). The number of halogens is 1. The molecular weight excluding hydrogens is 362 g/mol. The van der Waals surface area contributed by atoms with Crippen LogP contribution < -0.4 is 4.74 Å². The number of furan rings is 1. The van der Waals surface area contributed by atoms with Gasteiger partial charge in [0.25, 0.3) is 5.91 Å². The van der Waals surface area contributed by atoms with E-state index in [9.17, 15) is 4.79 Å². The fraction of sp³-hybridized carbons (Fsp3) is 0.188. The minimum atomic E-state index is -0.164. The highest BCUT2D eigenvalue weighted by molar-refractivity contribution is 9.10. The molecule has 23 heavy (non-hydrogen) atoms. The Morgan fingerprint density at radius 3 is 3.00 bits per heavy atom. The number of rotatable bonds is 5. The van der Waals surface area contributed by atoms with E-state index in [0.717, 1.165) is 21.1 Å². The van der Waals surface area contributed by atoms with Crippen molar-refractivity contribution in [3.63, 3.8) is 0 Å². The molecule has 2 aromatic heterocycles. The van der Waals surface area contributed by atoms with E-state index in [4.69, 9.17) is 9.15 Å². The summed E-state index contributed by atoms with van der Waals surface area (Å²) in [5.74, 6) is 0.941. The summed E-state index contributed by atoms with van der Waals surface area (Å²) in [5.41, 5.74) is 0.759. The monoisotopic (exact) mass is 375 g/mol. The molecule has 0 atom stereocenters. The van der Waals surface area contributed by atoms with Gasteiger partial charge in [-0.05, 0) is 30.3 Å². The summed E-state index contributed by atoms with van der Waals surface area (Å²) < 4.78 is 11.7. The zero-order valence-corrected chi connectivity index (χ0v) is 14.0. The molecular formula is C16H14BrN3O3. The number of hydrogen-bond donors (Lipinski definition) is 0. The van der Waals surface area contributed by atoms with Crippen LogP contribution in [0, 0.1) is 0 Å². The van der Waals surface area contributed by atoms with E-state index in [1.807, 2.05) is 24.3 Å². The molecule has 7 heteroatoms. The molecule has 0 aliphatic carbocycles. The van der Waals surface area contributed by atoms with Gasteiger partial charge in [-0.2, -0.15) is 0 Å². The molecule has 0 aliphatic heterocycles. The molecule has 0 spiro atoms. The Balaban J connectivity index is 1.68. The summed E-state index contributed by atoms with van der Waals surface area (Å²) >= 11 is 3.41. The normalized spacial score (nSPS) is 10.7. The summed E-state index contributed by atoms with van der Waals surface area (Å²) in [6, 6.07) is 9.22. The third kappa shape index (κ3) is 3.68. The number of carbonyl (C=O) groups excluding carboxylic acids is 1. The van der Waals surface area contributed by atoms with Crippen LogP contribution in [0.2, 0.25) is 0 Å². The number of nitrogens with zero attached hydrogens (tertiary/aromatic N) is 3. The zero-order chi connectivity index (χ0) is 16.2. The predicted molar refractivity (Wildman–Crippen MR) is 87.9 cm³/mol. The number of hydrogen-bond acceptors (Lipinski definition) is 5. The van der Waals surface area contributed by atoms with E-state index in [2.05, 4.69) is 25.9 Å². The van der Waals surface area contributed by atoms with Gasteiger partial charge in [-0.25, -0.2) is 9.97 Å². The van der Waals surface area contributed by atoms with Crippen LogP contribution >= 0.6 is 15.9 Å². The summed E-state index contributed by atoms with van der Waals surface area (Å²) in [5, 5.41) is 0.753. The Hall–Kier alpha value is -2.41. The molecule has 0 fully saturated rings. The first-order valence-electron chi connectivity index (χ1n) is 6.93. The minimum absolute atomic E-state index is 0.101. The highest BCUT2D eigenvalue weighted by atomic mass is 79.9. The quantitative estimate of drug-likeness (QED) is 0.685. The lowest BCUT2D eigenvalue weighted by atomic mass is 10.2. The summed E-state index contributed by atoms with van der Waals surface area (Å²) in [4.78, 5) is 22.0. The molecule has 6 nitrogen and oxygen atoms in total. The van der Waals surface area contributed by atoms with Gasteiger partial charge in [0.05, 0.1) is 23.7 Å². The number of ether oxygens (including phenoxy) is 1. The van der Waals surface area contributed by atoms with Crippen molar-refractivity contribution in [2.24, 2.45) is 0 Å². The van der Waals surface area contributed by atoms with E-state index in [0.29, 0.717) is 12.4 Å². The minimum Gasteiger partial charge on any atom is -0.467 e. The molecule has 0 unspecified atom stereocenters. The second-order valence-corrected chi connectivity index (χ2v) is 5.87. The average Bonchev–Trinajstić information content (AvgIpc) is 3.05. The van der Waals surface area contributed by atoms with Gasteiger partial charge < -0.3 is 14.1 Å². The Kier molecular flexibility index (Phi) is 4.57. The van der Waals surface area contributed by atoms with Gasteiger partial charge in [0.1, 0.15) is 12.1 Å². The maximum absolute atomic E-state index is 12.2. The zero-order valence-electron chi connectivity index (χ0n) is 12.4. The van der Waals surface area contributed by atoms with Crippen LogP contribution in [-0.4, -0.2) is 34.4 Å². The summed E-state index contributed by atoms with van der Waals surface area (Å²) in [6.45, 7) is 0.293. The number of fused-ring (bicyclic) bond motifs is 1. The maximum atomic E-state index is 12.2. The molecule has 1 aromatic carbocycles. The van der Waals surface area contributed by atoms with Gasteiger partial charge in [-0.15, -0.1) is 0 Å². The van der Waals surface area contributed by atoms with Crippen molar-refractivity contribution in [1.82, 2.24) is 14.9 Å². The topological polar surface area (TPSA) is 68.5 Å². The van der Waals surface area contributed by atoms with Gasteiger partial charge in [-0.1, -0.05) is 15.9 Å². The Morgan fingerprint density at radius 2 is 2.22 bits per heavy atom. The van der Waals surface area contributed by atoms with Crippen LogP contribution in [0.25, 0.3) is 10.9 Å². The van der Waals surface area contributed by atoms with E-state index in [1.54, 1.807) is 19.4 Å². The molecule has 0 saturated heterocycles. The van der Waals surface area contributed by atoms with Crippen molar-refractivity contribution in [2.45, 2.75) is 6.54 Å². The van der Waals surface area contributed by atoms with Crippen LogP contribution in [0.4, 0.5) is 0 Å². The predicted octanol–water partition coefficient (Wildman–Crippen LogP) is 3.02. The second kappa shape index (κ2) is 6.78. The average molecular weight is 376 g/mol. The first-order valence-corrected chi connectivity index (χ1v) is 7.72. The maximum Gasteiger partial charge on any atom is 0.260 e. The van der Waals surface area contributed by atoms with Gasteiger partial charge in [0, 0.05) is 11.5 Å². The van der Waals surface area contributed by atoms with Crippen LogP contribution in [0.15, 0.2) is 51.8 Å². The van der Waals surface area contributed by atoms with Crippen molar-refractivity contribution in [2.75, 3.05) is 13.7 Å². The first-order chi connectivity index (χ1) is 11.1. The van der Waals surface area contributed by atoms with Gasteiger partial charge in [-0.3, -0.25) is 4.79 Å². The number of likely N-dealkylation sites (N-methyl/N-ethyl adjacent to an activating group) is 1. The van der Waals surface area contributed by atoms with Gasteiger partial charge >= 0.3 is 0 Å². The molecule has 0 radical (unpaired) electrons. The molecule has 0 aliphatic rings. The van der Waals surface area contributed by atoms with Crippen molar-refractivity contribution >= 4 is 32.7 Å². The molecule has 3 aromatic rings. The molecule has 0 N–H and O–H groups in total. The van der Waals surface area contributed by atoms with E-state index >= 15 is 0 Å². The van der Waals surface area contributed by atoms with Gasteiger partial charge in [0.2, 0.25) is 5.88 Å². The fourth-order valence-electron chi connectivity index (χ4n) is 2.08. The van der Waals surface area contributed by atoms with E-state index in [-0.39, 0.29) is 12.5 Å². The molecule has 0 bridgehead atoms. The third-order valence-corrected chi connectivity index (χ3v) is 3.79. The largest absolute Gasteiger partial charge is 0.467 e. The Bertz CT molecular complexity index is 821. The van der Waals surface area contributed by atoms with Crippen molar-refractivity contribution < 1.29 is 13.9 Å². The second-order valence-electron chi connectivity index (χ2n) is 4.96. The standard InChI is InChI=1S/C16H14BrN3O3/c1-20(8-12-3-2-6-22-12)15(21)9-23-16-13-7-11(17)4-5-14(13)18-10-19-16/h2-7,10H,8-9H2,1H3. The highest BCUT2D eigenvalue weighted by Crippen LogP contribution is 2.24. The first kappa shape index (κ1) is 15.5. The highest BCUT2D eigenvalue weighted by Gasteiger charge is 2.13. The number of aromatic nitrogens is 2. The number of benzene rings is 1. The van der Waals surface area contributed by atoms with Crippen molar-refractivity contribution in [1.29, 1.82) is 0 Å². The van der Waals surface area contributed by atoms with E-state index < -0.39 is 0 Å². The van der Waals surface area contributed by atoms with Crippen LogP contribution in [0.1, 0.15) is 5.76 Å². The fourth-order valence-corrected chi connectivity index (χ4v) is 2.45. The van der Waals surface area contributed by atoms with E-state index in [1.165, 1.54) is 11.2 Å². The van der Waals surface area contributed by atoms with Crippen LogP contribution in [0.5, 0.6) is 5.88 Å². The molecule has 2 heterocycles. The smallest absolute Gasteiger partial charge is 0.260 e. The molecule has 1 amide bonds. The summed E-state index contributed by atoms with van der Waals surface area (Å²) in [7, 11) is 1.70. The third-order valence-electron chi connectivity index (χ3n) is 3.29. The van der Waals surface area contributed by atoms with Crippen LogP contribution in [-0.2, 0) is 11.3 Å². The lowest BCUT2D eigenvalue weighted by Crippen LogP contribution is -2.31. The Morgan fingerprint density at radius 1 is 1.35 bits per heavy atom. The number of carbonyl (C=O) groups is 1. The summed E-state index contributed by atoms with van der Waals surface area (Å²) in [6.07, 6.45) is 3.00. The molecule has 118 valence electrons. The van der Waals surface area contributed by atoms with Crippen LogP contribution in [0.3, 0.4) is 0 Å².